The number of carbonyl (C=O) groups is 1. The van der Waals surface area contributed by atoms with Crippen LogP contribution < -0.4 is 9.80 Å². The number of carbonyl (C=O) groups excluding carboxylic acids is 1. The molecule has 2 aliphatic rings. The van der Waals surface area contributed by atoms with Crippen LogP contribution in [-0.4, -0.2) is 64.6 Å². The number of fused-ring (bicyclic) bond motifs is 2. The number of rotatable bonds is 6. The van der Waals surface area contributed by atoms with Gasteiger partial charge in [-0.05, 0) is 62.1 Å². The number of ether oxygens (including phenoxy) is 1. The van der Waals surface area contributed by atoms with Crippen LogP contribution in [0.15, 0.2) is 61.2 Å². The minimum absolute atomic E-state index is 0.178. The average Bonchev–Trinajstić information content (AvgIpc) is 3.36. The van der Waals surface area contributed by atoms with Crippen molar-refractivity contribution in [3.8, 4) is 22.3 Å². The van der Waals surface area contributed by atoms with Crippen molar-refractivity contribution in [1.29, 1.82) is 0 Å². The minimum Gasteiger partial charge on any atom is -0.361 e. The van der Waals surface area contributed by atoms with Crippen molar-refractivity contribution in [3.05, 3.63) is 84.0 Å². The predicted molar refractivity (Wildman–Crippen MR) is 173 cm³/mol. The van der Waals surface area contributed by atoms with Gasteiger partial charge in [-0.2, -0.15) is 13.2 Å². The first-order valence-electron chi connectivity index (χ1n) is 15.5. The first-order chi connectivity index (χ1) is 22.7. The van der Waals surface area contributed by atoms with E-state index in [1.807, 2.05) is 44.2 Å². The van der Waals surface area contributed by atoms with Gasteiger partial charge in [0.25, 0.3) is 0 Å². The maximum Gasteiger partial charge on any atom is 0.522 e. The highest BCUT2D eigenvalue weighted by atomic mass is 19.4. The molecule has 4 aromatic rings. The maximum absolute atomic E-state index is 12.9. The Morgan fingerprint density at radius 2 is 1.22 bits per heavy atom. The van der Waals surface area contributed by atoms with E-state index in [1.165, 1.54) is 9.80 Å². The molecule has 0 spiro atoms. The third-order valence-corrected chi connectivity index (χ3v) is 8.57. The molecule has 49 heavy (non-hydrogen) atoms. The second-order valence-corrected chi connectivity index (χ2v) is 13.2. The van der Waals surface area contributed by atoms with E-state index >= 15 is 0 Å². The highest BCUT2D eigenvalue weighted by Crippen LogP contribution is 2.44. The summed E-state index contributed by atoms with van der Waals surface area (Å²) in [6.07, 6.45) is -2.22. The van der Waals surface area contributed by atoms with Gasteiger partial charge < -0.3 is 9.80 Å². The lowest BCUT2D eigenvalue weighted by atomic mass is 9.85. The smallest absolute Gasteiger partial charge is 0.361 e. The SMILES string of the molecule is Cc1ncc(-c2ccc3c(c2)N(CC(F)(F)F)CC3(C)C)cn1.Cc1ncc(-c2ccc3c(c2)N(CCOC(F)(F)F)C(=O)C3(C)C)cn1. The molecule has 260 valence electrons. The maximum atomic E-state index is 12.9. The lowest BCUT2D eigenvalue weighted by Gasteiger charge is -2.23. The summed E-state index contributed by atoms with van der Waals surface area (Å²) in [5.41, 5.74) is 5.01. The molecule has 0 radical (unpaired) electrons. The fourth-order valence-electron chi connectivity index (χ4n) is 6.13. The Kier molecular flexibility index (Phi) is 9.50. The number of hydrogen-bond acceptors (Lipinski definition) is 7. The van der Waals surface area contributed by atoms with Gasteiger partial charge in [0, 0.05) is 65.8 Å². The molecule has 4 heterocycles. The van der Waals surface area contributed by atoms with E-state index < -0.39 is 31.1 Å². The van der Waals surface area contributed by atoms with Crippen LogP contribution >= 0.6 is 0 Å². The highest BCUT2D eigenvalue weighted by Gasteiger charge is 2.44. The molecule has 0 saturated carbocycles. The monoisotopic (exact) mass is 686 g/mol. The lowest BCUT2D eigenvalue weighted by Crippen LogP contribution is -2.38. The van der Waals surface area contributed by atoms with Crippen LogP contribution in [0.1, 0.15) is 50.5 Å². The molecule has 6 rings (SSSR count). The Morgan fingerprint density at radius 1 is 0.735 bits per heavy atom. The number of hydrogen-bond donors (Lipinski definition) is 0. The topological polar surface area (TPSA) is 84.3 Å². The molecule has 2 aliphatic heterocycles. The highest BCUT2D eigenvalue weighted by molar-refractivity contribution is 6.08. The molecule has 0 unspecified atom stereocenters. The summed E-state index contributed by atoms with van der Waals surface area (Å²) in [7, 11) is 0. The predicted octanol–water partition coefficient (Wildman–Crippen LogP) is 7.72. The summed E-state index contributed by atoms with van der Waals surface area (Å²) in [4.78, 5) is 32.1. The molecule has 0 fully saturated rings. The molecule has 2 aromatic heterocycles. The Hall–Kier alpha value is -4.59. The van der Waals surface area contributed by atoms with E-state index in [4.69, 9.17) is 0 Å². The van der Waals surface area contributed by atoms with Crippen molar-refractivity contribution in [3.63, 3.8) is 0 Å². The van der Waals surface area contributed by atoms with E-state index in [0.717, 1.165) is 33.4 Å². The zero-order valence-corrected chi connectivity index (χ0v) is 27.9. The van der Waals surface area contributed by atoms with E-state index in [-0.39, 0.29) is 17.9 Å². The molecule has 0 atom stereocenters. The molecular weight excluding hydrogens is 650 g/mol. The van der Waals surface area contributed by atoms with Crippen LogP contribution in [0.25, 0.3) is 22.3 Å². The van der Waals surface area contributed by atoms with Crippen LogP contribution in [0.2, 0.25) is 0 Å². The number of aromatic nitrogens is 4. The van der Waals surface area contributed by atoms with Crippen molar-refractivity contribution in [1.82, 2.24) is 19.9 Å². The van der Waals surface area contributed by atoms with Gasteiger partial charge in [0.2, 0.25) is 5.91 Å². The van der Waals surface area contributed by atoms with Gasteiger partial charge in [0.05, 0.1) is 12.0 Å². The van der Waals surface area contributed by atoms with Gasteiger partial charge in [-0.3, -0.25) is 9.53 Å². The molecule has 2 aromatic carbocycles. The molecule has 8 nitrogen and oxygen atoms in total. The first-order valence-corrected chi connectivity index (χ1v) is 15.5. The van der Waals surface area contributed by atoms with E-state index in [9.17, 15) is 31.1 Å². The molecule has 14 heteroatoms. The molecule has 0 N–H and O–H groups in total. The number of aryl methyl sites for hydroxylation is 2. The Morgan fingerprint density at radius 3 is 1.71 bits per heavy atom. The molecule has 1 amide bonds. The van der Waals surface area contributed by atoms with Crippen LogP contribution in [0, 0.1) is 13.8 Å². The molecule has 0 bridgehead atoms. The van der Waals surface area contributed by atoms with Crippen LogP contribution in [-0.2, 0) is 20.4 Å². The largest absolute Gasteiger partial charge is 0.522 e. The summed E-state index contributed by atoms with van der Waals surface area (Å²) in [6.45, 7) is 9.64. The third-order valence-electron chi connectivity index (χ3n) is 8.57. The molecular formula is C35H36F6N6O2. The summed E-state index contributed by atoms with van der Waals surface area (Å²) in [5, 5.41) is 0. The van der Waals surface area contributed by atoms with Gasteiger partial charge in [0.1, 0.15) is 18.2 Å². The Bertz CT molecular complexity index is 1820. The quantitative estimate of drug-likeness (QED) is 0.192. The summed E-state index contributed by atoms with van der Waals surface area (Å²) < 4.78 is 79.2. The fraction of sp³-hybridized carbons (Fsp3) is 0.400. The third kappa shape index (κ3) is 8.01. The number of benzene rings is 2. The Labute approximate surface area is 280 Å². The first kappa shape index (κ1) is 35.7. The Balaban J connectivity index is 0.000000192. The zero-order valence-electron chi connectivity index (χ0n) is 27.9. The number of halogens is 6. The summed E-state index contributed by atoms with van der Waals surface area (Å²) in [5.74, 6) is 1.04. The van der Waals surface area contributed by atoms with E-state index in [1.54, 1.807) is 58.5 Å². The fourth-order valence-corrected chi connectivity index (χ4v) is 6.13. The van der Waals surface area contributed by atoms with E-state index in [0.29, 0.717) is 29.6 Å². The molecule has 0 aliphatic carbocycles. The molecule has 0 saturated heterocycles. The summed E-state index contributed by atoms with van der Waals surface area (Å²) in [6, 6.07) is 11.1. The normalized spacial score (nSPS) is 16.3. The number of anilines is 2. The zero-order chi connectivity index (χ0) is 35.9. The van der Waals surface area contributed by atoms with Gasteiger partial charge in [-0.1, -0.05) is 38.1 Å². The van der Waals surface area contributed by atoms with Gasteiger partial charge in [-0.25, -0.2) is 19.9 Å². The summed E-state index contributed by atoms with van der Waals surface area (Å²) >= 11 is 0. The van der Waals surface area contributed by atoms with Crippen molar-refractivity contribution < 1.29 is 35.9 Å². The van der Waals surface area contributed by atoms with Gasteiger partial charge >= 0.3 is 12.5 Å². The van der Waals surface area contributed by atoms with E-state index in [2.05, 4.69) is 24.7 Å². The van der Waals surface area contributed by atoms with Crippen LogP contribution in [0.5, 0.6) is 0 Å². The average molecular weight is 687 g/mol. The van der Waals surface area contributed by atoms with Gasteiger partial charge in [0.15, 0.2) is 0 Å². The number of alkyl halides is 6. The standard InChI is InChI=1S/C18H18F3N3O2.C17H18F3N3/c1-11-22-9-13(10-23-11)12-4-5-14-15(8-12)24(16(25)17(14,2)3)6-7-26-18(19,20)21;1-11-21-7-13(8-22-11)12-4-5-14-15(6-12)23(9-16(14,2)3)10-17(18,19)20/h4-5,8-10H,6-7H2,1-3H3;4-8H,9-10H2,1-3H3. The minimum atomic E-state index is -4.72. The van der Waals surface area contributed by atoms with Crippen molar-refractivity contribution >= 4 is 17.3 Å². The van der Waals surface area contributed by atoms with Crippen molar-refractivity contribution in [2.24, 2.45) is 0 Å². The number of nitrogens with zero attached hydrogens (tertiary/aromatic N) is 6. The van der Waals surface area contributed by atoms with Crippen molar-refractivity contribution in [2.45, 2.75) is 64.9 Å². The van der Waals surface area contributed by atoms with Crippen molar-refractivity contribution in [2.75, 3.05) is 36.0 Å². The van der Waals surface area contributed by atoms with Crippen LogP contribution in [0.4, 0.5) is 37.7 Å². The number of amides is 1. The second-order valence-electron chi connectivity index (χ2n) is 13.2. The van der Waals surface area contributed by atoms with Crippen LogP contribution in [0.3, 0.4) is 0 Å². The van der Waals surface area contributed by atoms with Gasteiger partial charge in [-0.15, -0.1) is 13.2 Å². The lowest BCUT2D eigenvalue weighted by molar-refractivity contribution is -0.323. The second kappa shape index (κ2) is 13.0.